The fraction of sp³-hybridized carbons (Fsp3) is 0.417. The molecule has 1 unspecified atom stereocenters. The third kappa shape index (κ3) is 4.11. The average Bonchev–Trinajstić information content (AvgIpc) is 2.21. The van der Waals surface area contributed by atoms with Crippen LogP contribution >= 0.6 is 11.6 Å². The van der Waals surface area contributed by atoms with Crippen LogP contribution in [0.2, 0.25) is 5.02 Å². The maximum Gasteiger partial charge on any atom is 0.319 e. The lowest BCUT2D eigenvalue weighted by molar-refractivity contribution is 0.246. The maximum absolute atomic E-state index is 11.6. The van der Waals surface area contributed by atoms with Crippen molar-refractivity contribution in [2.45, 2.75) is 26.8 Å². The Bertz CT molecular complexity index is 349. The van der Waals surface area contributed by atoms with Gasteiger partial charge in [0.2, 0.25) is 0 Å². The normalized spacial score (nSPS) is 12.3. The number of rotatable bonds is 3. The molecule has 0 saturated carbocycles. The molecule has 0 heterocycles. The lowest BCUT2D eigenvalue weighted by atomic mass is 10.1. The molecule has 0 saturated heterocycles. The summed E-state index contributed by atoms with van der Waals surface area (Å²) < 4.78 is 0. The summed E-state index contributed by atoms with van der Waals surface area (Å²) in [5.74, 6) is 0.413. The van der Waals surface area contributed by atoms with Crippen LogP contribution in [0, 0.1) is 5.92 Å². The summed E-state index contributed by atoms with van der Waals surface area (Å²) in [6.07, 6.45) is 0. The molecule has 1 aromatic carbocycles. The third-order valence-corrected chi connectivity index (χ3v) is 2.71. The van der Waals surface area contributed by atoms with Crippen LogP contribution in [0.25, 0.3) is 0 Å². The SMILES string of the molecule is CC(C)C(C)NC(=O)Nc1ccc(Cl)cc1. The molecule has 0 radical (unpaired) electrons. The lowest BCUT2D eigenvalue weighted by Crippen LogP contribution is -2.38. The van der Waals surface area contributed by atoms with Gasteiger partial charge in [-0.05, 0) is 37.1 Å². The van der Waals surface area contributed by atoms with Crippen molar-refractivity contribution in [1.82, 2.24) is 5.32 Å². The zero-order valence-electron chi connectivity index (χ0n) is 9.75. The van der Waals surface area contributed by atoms with Crippen LogP contribution in [0.4, 0.5) is 10.5 Å². The van der Waals surface area contributed by atoms with E-state index in [0.29, 0.717) is 10.9 Å². The summed E-state index contributed by atoms with van der Waals surface area (Å²) in [5.41, 5.74) is 0.734. The Balaban J connectivity index is 2.48. The maximum atomic E-state index is 11.6. The molecule has 1 atom stereocenters. The van der Waals surface area contributed by atoms with Gasteiger partial charge in [0.15, 0.2) is 0 Å². The monoisotopic (exact) mass is 240 g/mol. The Morgan fingerprint density at radius 1 is 1.19 bits per heavy atom. The molecule has 1 rings (SSSR count). The first kappa shape index (κ1) is 12.8. The Morgan fingerprint density at radius 3 is 2.25 bits per heavy atom. The molecule has 2 amide bonds. The van der Waals surface area contributed by atoms with Crippen molar-refractivity contribution in [2.75, 3.05) is 5.32 Å². The molecule has 4 heteroatoms. The molecule has 0 aliphatic heterocycles. The fourth-order valence-electron chi connectivity index (χ4n) is 1.07. The standard InChI is InChI=1S/C12H17ClN2O/c1-8(2)9(3)14-12(16)15-11-6-4-10(13)5-7-11/h4-9H,1-3H3,(H2,14,15,16). The van der Waals surface area contributed by atoms with E-state index in [1.165, 1.54) is 0 Å². The molecule has 0 aliphatic carbocycles. The number of hydrogen-bond acceptors (Lipinski definition) is 1. The van der Waals surface area contributed by atoms with Gasteiger partial charge in [-0.15, -0.1) is 0 Å². The molecular weight excluding hydrogens is 224 g/mol. The molecule has 0 fully saturated rings. The summed E-state index contributed by atoms with van der Waals surface area (Å²) in [4.78, 5) is 11.6. The van der Waals surface area contributed by atoms with E-state index in [4.69, 9.17) is 11.6 Å². The molecule has 88 valence electrons. The summed E-state index contributed by atoms with van der Waals surface area (Å²) in [7, 11) is 0. The van der Waals surface area contributed by atoms with E-state index in [9.17, 15) is 4.79 Å². The zero-order valence-corrected chi connectivity index (χ0v) is 10.5. The van der Waals surface area contributed by atoms with E-state index in [-0.39, 0.29) is 12.1 Å². The van der Waals surface area contributed by atoms with Crippen LogP contribution < -0.4 is 10.6 Å². The van der Waals surface area contributed by atoms with Crippen molar-refractivity contribution < 1.29 is 4.79 Å². The molecular formula is C12H17ClN2O. The lowest BCUT2D eigenvalue weighted by Gasteiger charge is -2.17. The number of halogens is 1. The minimum absolute atomic E-state index is 0.146. The number of anilines is 1. The summed E-state index contributed by atoms with van der Waals surface area (Å²) in [5, 5.41) is 6.26. The second-order valence-electron chi connectivity index (χ2n) is 4.14. The van der Waals surface area contributed by atoms with Crippen molar-refractivity contribution in [3.8, 4) is 0 Å². The fourth-order valence-corrected chi connectivity index (χ4v) is 1.20. The number of benzene rings is 1. The first-order chi connectivity index (χ1) is 7.49. The highest BCUT2D eigenvalue weighted by Crippen LogP contribution is 2.13. The zero-order chi connectivity index (χ0) is 12.1. The highest BCUT2D eigenvalue weighted by molar-refractivity contribution is 6.30. The minimum atomic E-state index is -0.191. The Kier molecular flexibility index (Phi) is 4.62. The number of nitrogens with one attached hydrogen (secondary N) is 2. The van der Waals surface area contributed by atoms with Crippen LogP contribution in [-0.2, 0) is 0 Å². The van der Waals surface area contributed by atoms with Crippen LogP contribution in [0.15, 0.2) is 24.3 Å². The molecule has 0 spiro atoms. The predicted octanol–water partition coefficient (Wildman–Crippen LogP) is 3.51. The second-order valence-corrected chi connectivity index (χ2v) is 4.57. The second kappa shape index (κ2) is 5.75. The molecule has 2 N–H and O–H groups in total. The minimum Gasteiger partial charge on any atom is -0.335 e. The highest BCUT2D eigenvalue weighted by atomic mass is 35.5. The van der Waals surface area contributed by atoms with E-state index in [2.05, 4.69) is 24.5 Å². The predicted molar refractivity (Wildman–Crippen MR) is 67.9 cm³/mol. The molecule has 3 nitrogen and oxygen atoms in total. The third-order valence-electron chi connectivity index (χ3n) is 2.46. The van der Waals surface area contributed by atoms with E-state index in [1.807, 2.05) is 6.92 Å². The Morgan fingerprint density at radius 2 is 1.75 bits per heavy atom. The number of hydrogen-bond donors (Lipinski definition) is 2. The van der Waals surface area contributed by atoms with Gasteiger partial charge in [-0.3, -0.25) is 0 Å². The van der Waals surface area contributed by atoms with E-state index in [0.717, 1.165) is 5.69 Å². The summed E-state index contributed by atoms with van der Waals surface area (Å²) in [6.45, 7) is 6.10. The van der Waals surface area contributed by atoms with Crippen molar-refractivity contribution in [2.24, 2.45) is 5.92 Å². The smallest absolute Gasteiger partial charge is 0.319 e. The van der Waals surface area contributed by atoms with Crippen molar-refractivity contribution in [1.29, 1.82) is 0 Å². The van der Waals surface area contributed by atoms with Gasteiger partial charge in [0.1, 0.15) is 0 Å². The van der Waals surface area contributed by atoms with Crippen molar-refractivity contribution >= 4 is 23.3 Å². The number of carbonyl (C=O) groups excluding carboxylic acids is 1. The van der Waals surface area contributed by atoms with E-state index < -0.39 is 0 Å². The first-order valence-corrected chi connectivity index (χ1v) is 5.70. The molecule has 16 heavy (non-hydrogen) atoms. The van der Waals surface area contributed by atoms with E-state index >= 15 is 0 Å². The van der Waals surface area contributed by atoms with Gasteiger partial charge in [0, 0.05) is 16.8 Å². The number of urea groups is 1. The van der Waals surface area contributed by atoms with Gasteiger partial charge >= 0.3 is 6.03 Å². The molecule has 0 bridgehead atoms. The molecule has 0 aliphatic rings. The summed E-state index contributed by atoms with van der Waals surface area (Å²) in [6, 6.07) is 6.96. The molecule has 1 aromatic rings. The van der Waals surface area contributed by atoms with Crippen LogP contribution in [-0.4, -0.2) is 12.1 Å². The summed E-state index contributed by atoms with van der Waals surface area (Å²) >= 11 is 5.75. The van der Waals surface area contributed by atoms with E-state index in [1.54, 1.807) is 24.3 Å². The Hall–Kier alpha value is -1.22. The average molecular weight is 241 g/mol. The van der Waals surface area contributed by atoms with Gasteiger partial charge in [0.05, 0.1) is 0 Å². The van der Waals surface area contributed by atoms with Crippen molar-refractivity contribution in [3.05, 3.63) is 29.3 Å². The van der Waals surface area contributed by atoms with Gasteiger partial charge in [-0.25, -0.2) is 4.79 Å². The van der Waals surface area contributed by atoms with Crippen LogP contribution in [0.1, 0.15) is 20.8 Å². The Labute approximate surface area is 101 Å². The molecule has 0 aromatic heterocycles. The highest BCUT2D eigenvalue weighted by Gasteiger charge is 2.10. The van der Waals surface area contributed by atoms with Gasteiger partial charge in [-0.1, -0.05) is 25.4 Å². The van der Waals surface area contributed by atoms with Gasteiger partial charge < -0.3 is 10.6 Å². The van der Waals surface area contributed by atoms with Gasteiger partial charge in [-0.2, -0.15) is 0 Å². The first-order valence-electron chi connectivity index (χ1n) is 5.32. The quantitative estimate of drug-likeness (QED) is 0.834. The number of amides is 2. The van der Waals surface area contributed by atoms with Crippen molar-refractivity contribution in [3.63, 3.8) is 0 Å². The topological polar surface area (TPSA) is 41.1 Å². The van der Waals surface area contributed by atoms with Gasteiger partial charge in [0.25, 0.3) is 0 Å². The van der Waals surface area contributed by atoms with Crippen LogP contribution in [0.3, 0.4) is 0 Å². The van der Waals surface area contributed by atoms with Crippen LogP contribution in [0.5, 0.6) is 0 Å². The number of carbonyl (C=O) groups is 1. The largest absolute Gasteiger partial charge is 0.335 e.